The first-order valence-electron chi connectivity index (χ1n) is 9.78. The van der Waals surface area contributed by atoms with E-state index in [4.69, 9.17) is 9.57 Å². The number of carbonyl (C=O) groups is 1. The number of oxime groups is 1. The highest BCUT2D eigenvalue weighted by Gasteiger charge is 2.21. The average molecular weight is 402 g/mol. The lowest BCUT2D eigenvalue weighted by atomic mass is 10.0. The summed E-state index contributed by atoms with van der Waals surface area (Å²) in [5.74, 6) is -0.205. The van der Waals surface area contributed by atoms with Gasteiger partial charge in [-0.3, -0.25) is 4.79 Å². The summed E-state index contributed by atoms with van der Waals surface area (Å²) in [6.07, 6.45) is -0.689. The van der Waals surface area contributed by atoms with Gasteiger partial charge in [0.2, 0.25) is 0 Å². The number of ether oxygens (including phenoxy) is 1. The molecule has 30 heavy (non-hydrogen) atoms. The van der Waals surface area contributed by atoms with Crippen LogP contribution in [0.15, 0.2) is 84.0 Å². The summed E-state index contributed by atoms with van der Waals surface area (Å²) >= 11 is 0. The molecule has 0 fully saturated rings. The maximum Gasteiger partial charge on any atom is 0.253 e. The molecule has 0 aliphatic heterocycles. The first-order chi connectivity index (χ1) is 14.6. The quantitative estimate of drug-likeness (QED) is 0.438. The Morgan fingerprint density at radius 1 is 0.933 bits per heavy atom. The Labute approximate surface area is 177 Å². The summed E-state index contributed by atoms with van der Waals surface area (Å²) in [4.78, 5) is 17.7. The second kappa shape index (κ2) is 10.4. The molecule has 5 heteroatoms. The minimum absolute atomic E-state index is 0.205. The van der Waals surface area contributed by atoms with Crippen molar-refractivity contribution in [2.24, 2.45) is 5.16 Å². The number of hydrogen-bond donors (Lipinski definition) is 1. The number of rotatable bonds is 8. The van der Waals surface area contributed by atoms with E-state index in [-0.39, 0.29) is 12.5 Å². The van der Waals surface area contributed by atoms with E-state index in [1.807, 2.05) is 61.5 Å². The summed E-state index contributed by atoms with van der Waals surface area (Å²) < 4.78 is 5.37. The third-order valence-corrected chi connectivity index (χ3v) is 4.89. The van der Waals surface area contributed by atoms with Crippen molar-refractivity contribution >= 4 is 11.6 Å². The zero-order chi connectivity index (χ0) is 21.3. The largest absolute Gasteiger partial charge is 0.391 e. The van der Waals surface area contributed by atoms with Gasteiger partial charge in [-0.25, -0.2) is 0 Å². The number of nitrogens with one attached hydrogen (secondary N) is 1. The standard InChI is InChI=1S/C25H26N2O3/c1-18(19-13-15-21(16-14-19)20-9-5-4-6-10-20)27-30-17-22-11-7-8-12-23(22)24(29-3)25(28)26-2/h4-16,24H,17H2,1-3H3,(H,26,28)/b27-18+. The van der Waals surface area contributed by atoms with Crippen molar-refractivity contribution in [2.45, 2.75) is 19.6 Å². The molecule has 3 aromatic carbocycles. The van der Waals surface area contributed by atoms with Crippen LogP contribution < -0.4 is 5.32 Å². The van der Waals surface area contributed by atoms with Crippen molar-refractivity contribution in [1.29, 1.82) is 0 Å². The summed E-state index contributed by atoms with van der Waals surface area (Å²) in [6, 6.07) is 26.0. The van der Waals surface area contributed by atoms with Crippen LogP contribution in [0, 0.1) is 0 Å². The molecule has 0 aliphatic carbocycles. The Morgan fingerprint density at radius 2 is 1.57 bits per heavy atom. The van der Waals surface area contributed by atoms with Gasteiger partial charge in [-0.2, -0.15) is 0 Å². The number of carbonyl (C=O) groups excluding carboxylic acids is 1. The van der Waals surface area contributed by atoms with Crippen molar-refractivity contribution in [1.82, 2.24) is 5.32 Å². The van der Waals surface area contributed by atoms with Gasteiger partial charge in [0.1, 0.15) is 6.61 Å². The Bertz CT molecular complexity index is 998. The molecule has 3 aromatic rings. The minimum Gasteiger partial charge on any atom is -0.391 e. The topological polar surface area (TPSA) is 59.9 Å². The summed E-state index contributed by atoms with van der Waals surface area (Å²) in [5.41, 5.74) is 5.71. The molecule has 1 unspecified atom stereocenters. The second-order valence-corrected chi connectivity index (χ2v) is 6.82. The van der Waals surface area contributed by atoms with E-state index >= 15 is 0 Å². The molecule has 0 saturated carbocycles. The minimum atomic E-state index is -0.689. The van der Waals surface area contributed by atoms with E-state index in [1.165, 1.54) is 12.7 Å². The molecular weight excluding hydrogens is 376 g/mol. The monoisotopic (exact) mass is 402 g/mol. The van der Waals surface area contributed by atoms with Crippen molar-refractivity contribution < 1.29 is 14.4 Å². The van der Waals surface area contributed by atoms with E-state index in [1.54, 1.807) is 7.05 Å². The van der Waals surface area contributed by atoms with Gasteiger partial charge in [0.15, 0.2) is 6.10 Å². The lowest BCUT2D eigenvalue weighted by Gasteiger charge is -2.17. The second-order valence-electron chi connectivity index (χ2n) is 6.82. The Morgan fingerprint density at radius 3 is 2.23 bits per heavy atom. The van der Waals surface area contributed by atoms with Crippen LogP contribution in [0.4, 0.5) is 0 Å². The molecule has 1 N–H and O–H groups in total. The molecule has 3 rings (SSSR count). The van der Waals surface area contributed by atoms with Crippen molar-refractivity contribution in [3.05, 3.63) is 95.6 Å². The summed E-state index contributed by atoms with van der Waals surface area (Å²) in [6.45, 7) is 2.15. The van der Waals surface area contributed by atoms with Crippen LogP contribution in [0.3, 0.4) is 0 Å². The number of benzene rings is 3. The Hall–Kier alpha value is -3.44. The smallest absolute Gasteiger partial charge is 0.253 e. The Balaban J connectivity index is 1.69. The average Bonchev–Trinajstić information content (AvgIpc) is 2.81. The highest BCUT2D eigenvalue weighted by atomic mass is 16.6. The van der Waals surface area contributed by atoms with E-state index in [0.29, 0.717) is 0 Å². The SMILES string of the molecule is CNC(=O)C(OC)c1ccccc1CO/N=C(\C)c1ccc(-c2ccccc2)cc1. The van der Waals surface area contributed by atoms with E-state index < -0.39 is 6.10 Å². The number of methoxy groups -OCH3 is 1. The molecule has 0 radical (unpaired) electrons. The molecule has 5 nitrogen and oxygen atoms in total. The molecule has 1 atom stereocenters. The summed E-state index contributed by atoms with van der Waals surface area (Å²) in [7, 11) is 3.10. The summed E-state index contributed by atoms with van der Waals surface area (Å²) in [5, 5.41) is 6.88. The van der Waals surface area contributed by atoms with Gasteiger partial charge in [0.05, 0.1) is 5.71 Å². The van der Waals surface area contributed by atoms with Gasteiger partial charge in [0, 0.05) is 14.2 Å². The van der Waals surface area contributed by atoms with Gasteiger partial charge >= 0.3 is 0 Å². The van der Waals surface area contributed by atoms with E-state index in [9.17, 15) is 4.79 Å². The first-order valence-corrected chi connectivity index (χ1v) is 9.78. The zero-order valence-electron chi connectivity index (χ0n) is 17.5. The fraction of sp³-hybridized carbons (Fsp3) is 0.200. The highest BCUT2D eigenvalue weighted by Crippen LogP contribution is 2.23. The first kappa shape index (κ1) is 21.3. The molecular formula is C25H26N2O3. The van der Waals surface area contributed by atoms with Crippen LogP contribution in [0.25, 0.3) is 11.1 Å². The molecule has 0 bridgehead atoms. The lowest BCUT2D eigenvalue weighted by Crippen LogP contribution is -2.27. The van der Waals surface area contributed by atoms with Crippen LogP contribution in [0.2, 0.25) is 0 Å². The highest BCUT2D eigenvalue weighted by molar-refractivity contribution is 5.98. The van der Waals surface area contributed by atoms with E-state index in [2.05, 4.69) is 34.7 Å². The molecule has 0 aliphatic rings. The van der Waals surface area contributed by atoms with Crippen LogP contribution in [-0.2, 0) is 21.0 Å². The number of hydrogen-bond acceptors (Lipinski definition) is 4. The maximum absolute atomic E-state index is 12.1. The van der Waals surface area contributed by atoms with Crippen molar-refractivity contribution in [3.8, 4) is 11.1 Å². The van der Waals surface area contributed by atoms with Crippen LogP contribution in [0.1, 0.15) is 29.7 Å². The molecule has 0 saturated heterocycles. The maximum atomic E-state index is 12.1. The molecule has 0 aromatic heterocycles. The fourth-order valence-electron chi connectivity index (χ4n) is 3.21. The molecule has 0 heterocycles. The number of nitrogens with zero attached hydrogens (tertiary/aromatic N) is 1. The molecule has 1 amide bonds. The van der Waals surface area contributed by atoms with Gasteiger partial charge in [-0.1, -0.05) is 84.0 Å². The molecule has 154 valence electrons. The van der Waals surface area contributed by atoms with Gasteiger partial charge in [-0.05, 0) is 34.7 Å². The number of amides is 1. The van der Waals surface area contributed by atoms with Crippen LogP contribution in [-0.4, -0.2) is 25.8 Å². The number of likely N-dealkylation sites (N-methyl/N-ethyl adjacent to an activating group) is 1. The third-order valence-electron chi connectivity index (χ3n) is 4.89. The predicted molar refractivity (Wildman–Crippen MR) is 119 cm³/mol. The van der Waals surface area contributed by atoms with Crippen molar-refractivity contribution in [3.63, 3.8) is 0 Å². The van der Waals surface area contributed by atoms with Crippen LogP contribution in [0.5, 0.6) is 0 Å². The van der Waals surface area contributed by atoms with Gasteiger partial charge in [-0.15, -0.1) is 0 Å². The van der Waals surface area contributed by atoms with Gasteiger partial charge in [0.25, 0.3) is 5.91 Å². The third kappa shape index (κ3) is 5.13. The van der Waals surface area contributed by atoms with Crippen molar-refractivity contribution in [2.75, 3.05) is 14.2 Å². The predicted octanol–water partition coefficient (Wildman–Crippen LogP) is 4.73. The fourth-order valence-corrected chi connectivity index (χ4v) is 3.21. The zero-order valence-corrected chi connectivity index (χ0v) is 17.5. The van der Waals surface area contributed by atoms with Crippen LogP contribution >= 0.6 is 0 Å². The van der Waals surface area contributed by atoms with Gasteiger partial charge < -0.3 is 14.9 Å². The Kier molecular flexibility index (Phi) is 7.35. The van der Waals surface area contributed by atoms with E-state index in [0.717, 1.165) is 28.0 Å². The molecule has 0 spiro atoms. The lowest BCUT2D eigenvalue weighted by molar-refractivity contribution is -0.130. The normalized spacial score (nSPS) is 12.3.